The van der Waals surface area contributed by atoms with Crippen LogP contribution < -0.4 is 5.32 Å². The lowest BCUT2D eigenvalue weighted by Gasteiger charge is -2.16. The second-order valence-electron chi connectivity index (χ2n) is 7.03. The minimum atomic E-state index is -3.48. The van der Waals surface area contributed by atoms with Crippen LogP contribution in [0.1, 0.15) is 24.2 Å². The van der Waals surface area contributed by atoms with Crippen LogP contribution in [0.5, 0.6) is 0 Å². The van der Waals surface area contributed by atoms with Crippen LogP contribution in [0.25, 0.3) is 11.6 Å². The fourth-order valence-electron chi connectivity index (χ4n) is 3.40. The minimum Gasteiger partial charge on any atom is -0.465 e. The zero-order valence-electron chi connectivity index (χ0n) is 16.3. The Morgan fingerprint density at radius 3 is 2.27 bits per heavy atom. The fraction of sp³-hybridized carbons (Fsp3) is 0.174. The Balaban J connectivity index is 1.56. The molecule has 2 heterocycles. The second kappa shape index (κ2) is 8.69. The molecule has 1 aliphatic heterocycles. The van der Waals surface area contributed by atoms with E-state index in [1.165, 1.54) is 16.4 Å². The lowest BCUT2D eigenvalue weighted by molar-refractivity contribution is -0.111. The highest BCUT2D eigenvalue weighted by Crippen LogP contribution is 2.24. The van der Waals surface area contributed by atoms with Crippen molar-refractivity contribution in [2.45, 2.75) is 17.7 Å². The number of rotatable bonds is 6. The molecule has 0 atom stereocenters. The van der Waals surface area contributed by atoms with Gasteiger partial charge in [-0.3, -0.25) is 4.79 Å². The maximum Gasteiger partial charge on any atom is 0.256 e. The van der Waals surface area contributed by atoms with Crippen LogP contribution in [0.15, 0.2) is 82.3 Å². The Morgan fingerprint density at radius 1 is 0.933 bits per heavy atom. The minimum absolute atomic E-state index is 0.233. The van der Waals surface area contributed by atoms with Crippen molar-refractivity contribution < 1.29 is 17.6 Å². The van der Waals surface area contributed by atoms with Crippen molar-refractivity contribution in [2.24, 2.45) is 0 Å². The van der Waals surface area contributed by atoms with E-state index >= 15 is 0 Å². The van der Waals surface area contributed by atoms with Crippen molar-refractivity contribution >= 4 is 33.3 Å². The number of carbonyl (C=O) groups is 1. The maximum atomic E-state index is 13.0. The lowest BCUT2D eigenvalue weighted by atomic mass is 10.0. The molecule has 1 saturated heterocycles. The molecule has 0 aliphatic carbocycles. The number of amides is 1. The molecule has 0 radical (unpaired) electrons. The molecule has 7 heteroatoms. The number of hydrogen-bond donors (Lipinski definition) is 1. The summed E-state index contributed by atoms with van der Waals surface area (Å²) in [6.45, 7) is 1.11. The van der Waals surface area contributed by atoms with Gasteiger partial charge < -0.3 is 9.73 Å². The number of sulfonamides is 1. The van der Waals surface area contributed by atoms with Crippen molar-refractivity contribution in [1.29, 1.82) is 0 Å². The average Bonchev–Trinajstić information content (AvgIpc) is 3.47. The standard InChI is InChI=1S/C23H22N2O4S/c26-23(22(17-20-9-6-16-29-20)18-7-2-1-3-8-18)24-19-10-12-21(13-11-19)30(27,28)25-14-4-5-15-25/h1-3,6-13,16-17H,4-5,14-15H2,(H,24,26)/b22-17+. The Morgan fingerprint density at radius 2 is 1.63 bits per heavy atom. The van der Waals surface area contributed by atoms with E-state index in [1.54, 1.807) is 36.6 Å². The molecule has 1 fully saturated rings. The van der Waals surface area contributed by atoms with Crippen molar-refractivity contribution in [3.8, 4) is 0 Å². The van der Waals surface area contributed by atoms with Gasteiger partial charge in [0.15, 0.2) is 0 Å². The summed E-state index contributed by atoms with van der Waals surface area (Å²) in [5.41, 5.74) is 1.71. The van der Waals surface area contributed by atoms with E-state index in [-0.39, 0.29) is 10.8 Å². The van der Waals surface area contributed by atoms with Gasteiger partial charge in [-0.2, -0.15) is 4.31 Å². The van der Waals surface area contributed by atoms with E-state index in [2.05, 4.69) is 5.32 Å². The van der Waals surface area contributed by atoms with E-state index in [1.807, 2.05) is 30.3 Å². The Hall–Kier alpha value is -3.16. The molecular formula is C23H22N2O4S. The number of anilines is 1. The van der Waals surface area contributed by atoms with Gasteiger partial charge in [0.2, 0.25) is 10.0 Å². The molecule has 0 spiro atoms. The van der Waals surface area contributed by atoms with E-state index in [9.17, 15) is 13.2 Å². The first-order valence-corrected chi connectivity index (χ1v) is 11.2. The van der Waals surface area contributed by atoms with E-state index in [0.717, 1.165) is 18.4 Å². The Labute approximate surface area is 175 Å². The first-order chi connectivity index (χ1) is 14.5. The topological polar surface area (TPSA) is 79.6 Å². The number of nitrogens with one attached hydrogen (secondary N) is 1. The highest BCUT2D eigenvalue weighted by Gasteiger charge is 2.27. The molecule has 0 unspecified atom stereocenters. The van der Waals surface area contributed by atoms with Crippen molar-refractivity contribution in [2.75, 3.05) is 18.4 Å². The predicted octanol–water partition coefficient (Wildman–Crippen LogP) is 4.24. The first kappa shape index (κ1) is 20.1. The summed E-state index contributed by atoms with van der Waals surface area (Å²) in [4.78, 5) is 13.2. The normalized spacial score (nSPS) is 15.3. The summed E-state index contributed by atoms with van der Waals surface area (Å²) in [5.74, 6) is 0.254. The molecule has 1 aliphatic rings. The third-order valence-corrected chi connectivity index (χ3v) is 6.89. The van der Waals surface area contributed by atoms with Gasteiger partial charge in [-0.05, 0) is 60.9 Å². The predicted molar refractivity (Wildman–Crippen MR) is 116 cm³/mol. The largest absolute Gasteiger partial charge is 0.465 e. The van der Waals surface area contributed by atoms with Crippen molar-refractivity contribution in [3.05, 3.63) is 84.3 Å². The third kappa shape index (κ3) is 4.37. The van der Waals surface area contributed by atoms with Crippen LogP contribution in [0.4, 0.5) is 5.69 Å². The van der Waals surface area contributed by atoms with Crippen molar-refractivity contribution in [1.82, 2.24) is 4.31 Å². The molecule has 0 saturated carbocycles. The Kier molecular flexibility index (Phi) is 5.83. The first-order valence-electron chi connectivity index (χ1n) is 9.76. The van der Waals surface area contributed by atoms with Crippen LogP contribution in [-0.4, -0.2) is 31.7 Å². The Bertz CT molecular complexity index is 1130. The zero-order chi connectivity index (χ0) is 21.0. The van der Waals surface area contributed by atoms with Gasteiger partial charge in [-0.15, -0.1) is 0 Å². The molecule has 30 heavy (non-hydrogen) atoms. The van der Waals surface area contributed by atoms with Crippen LogP contribution >= 0.6 is 0 Å². The summed E-state index contributed by atoms with van der Waals surface area (Å²) < 4.78 is 32.2. The highest BCUT2D eigenvalue weighted by atomic mass is 32.2. The summed E-state index contributed by atoms with van der Waals surface area (Å²) in [6.07, 6.45) is 5.00. The molecule has 6 nitrogen and oxygen atoms in total. The van der Waals surface area contributed by atoms with E-state index in [0.29, 0.717) is 30.1 Å². The SMILES string of the molecule is O=C(Nc1ccc(S(=O)(=O)N2CCCC2)cc1)/C(=C/c1ccco1)c1ccccc1. The van der Waals surface area contributed by atoms with Gasteiger partial charge in [0.25, 0.3) is 5.91 Å². The quantitative estimate of drug-likeness (QED) is 0.603. The molecule has 1 aromatic heterocycles. The third-order valence-electron chi connectivity index (χ3n) is 4.97. The molecule has 1 amide bonds. The van der Waals surface area contributed by atoms with Crippen molar-refractivity contribution in [3.63, 3.8) is 0 Å². The van der Waals surface area contributed by atoms with Crippen LogP contribution in [0, 0.1) is 0 Å². The van der Waals surface area contributed by atoms with Gasteiger partial charge in [-0.25, -0.2) is 8.42 Å². The fourth-order valence-corrected chi connectivity index (χ4v) is 4.92. The second-order valence-corrected chi connectivity index (χ2v) is 8.97. The highest BCUT2D eigenvalue weighted by molar-refractivity contribution is 7.89. The summed E-state index contributed by atoms with van der Waals surface area (Å²) in [6, 6.07) is 19.1. The number of furan rings is 1. The van der Waals surface area contributed by atoms with Gasteiger partial charge in [-0.1, -0.05) is 30.3 Å². The molecule has 0 bridgehead atoms. The molecule has 154 valence electrons. The lowest BCUT2D eigenvalue weighted by Crippen LogP contribution is -2.27. The summed E-state index contributed by atoms with van der Waals surface area (Å²) in [7, 11) is -3.48. The monoisotopic (exact) mass is 422 g/mol. The molecule has 1 N–H and O–H groups in total. The summed E-state index contributed by atoms with van der Waals surface area (Å²) in [5, 5.41) is 2.84. The molecule has 3 aromatic rings. The zero-order valence-corrected chi connectivity index (χ0v) is 17.1. The van der Waals surface area contributed by atoms with Crippen LogP contribution in [0.2, 0.25) is 0 Å². The molecule has 2 aromatic carbocycles. The van der Waals surface area contributed by atoms with Gasteiger partial charge >= 0.3 is 0 Å². The number of carbonyl (C=O) groups excluding carboxylic acids is 1. The smallest absolute Gasteiger partial charge is 0.256 e. The molecular weight excluding hydrogens is 400 g/mol. The number of nitrogens with zero attached hydrogens (tertiary/aromatic N) is 1. The van der Waals surface area contributed by atoms with Crippen LogP contribution in [-0.2, 0) is 14.8 Å². The molecule has 4 rings (SSSR count). The van der Waals surface area contributed by atoms with Crippen LogP contribution in [0.3, 0.4) is 0 Å². The van der Waals surface area contributed by atoms with E-state index < -0.39 is 10.0 Å². The maximum absolute atomic E-state index is 13.0. The van der Waals surface area contributed by atoms with E-state index in [4.69, 9.17) is 4.42 Å². The van der Waals surface area contributed by atoms with Gasteiger partial charge in [0, 0.05) is 18.8 Å². The van der Waals surface area contributed by atoms with Gasteiger partial charge in [0.05, 0.1) is 16.7 Å². The number of hydrogen-bond acceptors (Lipinski definition) is 4. The average molecular weight is 423 g/mol. The summed E-state index contributed by atoms with van der Waals surface area (Å²) >= 11 is 0. The van der Waals surface area contributed by atoms with Gasteiger partial charge in [0.1, 0.15) is 5.76 Å². The number of benzene rings is 2.